The van der Waals surface area contributed by atoms with Crippen LogP contribution >= 0.6 is 15.9 Å². The highest BCUT2D eigenvalue weighted by Crippen LogP contribution is 2.17. The summed E-state index contributed by atoms with van der Waals surface area (Å²) in [6.07, 6.45) is 1.84. The fraction of sp³-hybridized carbons (Fsp3) is 0.562. The van der Waals surface area contributed by atoms with Gasteiger partial charge in [0.2, 0.25) is 0 Å². The Morgan fingerprint density at radius 1 is 1.38 bits per heavy atom. The lowest BCUT2D eigenvalue weighted by molar-refractivity contribution is -0.905. The van der Waals surface area contributed by atoms with Crippen molar-refractivity contribution in [1.29, 1.82) is 0 Å². The van der Waals surface area contributed by atoms with Crippen molar-refractivity contribution in [3.63, 3.8) is 0 Å². The van der Waals surface area contributed by atoms with Crippen molar-refractivity contribution in [2.24, 2.45) is 5.92 Å². The van der Waals surface area contributed by atoms with Crippen molar-refractivity contribution in [3.05, 3.63) is 28.7 Å². The molecule has 1 saturated heterocycles. The predicted octanol–water partition coefficient (Wildman–Crippen LogP) is 1.69. The zero-order chi connectivity index (χ0) is 15.1. The van der Waals surface area contributed by atoms with Crippen LogP contribution in [0.5, 0.6) is 5.75 Å². The SMILES string of the molecule is CCOC(=O)C1CC[NH+](CCOc2cccc(Br)c2)CC1. The minimum atomic E-state index is -0.0260. The molecule has 1 aromatic rings. The van der Waals surface area contributed by atoms with E-state index >= 15 is 0 Å². The summed E-state index contributed by atoms with van der Waals surface area (Å²) in [5.74, 6) is 0.965. The van der Waals surface area contributed by atoms with Gasteiger partial charge >= 0.3 is 5.97 Å². The number of nitrogens with one attached hydrogen (secondary N) is 1. The van der Waals surface area contributed by atoms with Gasteiger partial charge in [-0.3, -0.25) is 4.79 Å². The van der Waals surface area contributed by atoms with Gasteiger partial charge in [0.1, 0.15) is 18.9 Å². The molecule has 116 valence electrons. The number of likely N-dealkylation sites (tertiary alicyclic amines) is 1. The molecule has 0 saturated carbocycles. The van der Waals surface area contributed by atoms with E-state index in [9.17, 15) is 4.79 Å². The van der Waals surface area contributed by atoms with E-state index in [1.54, 1.807) is 0 Å². The third kappa shape index (κ3) is 5.32. The topological polar surface area (TPSA) is 40.0 Å². The number of ether oxygens (including phenoxy) is 2. The predicted molar refractivity (Wildman–Crippen MR) is 84.6 cm³/mol. The van der Waals surface area contributed by atoms with Gasteiger partial charge in [-0.1, -0.05) is 22.0 Å². The molecule has 1 fully saturated rings. The summed E-state index contributed by atoms with van der Waals surface area (Å²) >= 11 is 3.43. The van der Waals surface area contributed by atoms with Crippen molar-refractivity contribution in [1.82, 2.24) is 0 Å². The smallest absolute Gasteiger partial charge is 0.309 e. The van der Waals surface area contributed by atoms with Crippen LogP contribution in [0.4, 0.5) is 0 Å². The number of carbonyl (C=O) groups is 1. The minimum absolute atomic E-state index is 0.0260. The zero-order valence-corrected chi connectivity index (χ0v) is 14.0. The van der Waals surface area contributed by atoms with Crippen LogP contribution in [-0.4, -0.2) is 38.8 Å². The molecular weight excluding hydrogens is 334 g/mol. The number of hydrogen-bond donors (Lipinski definition) is 1. The van der Waals surface area contributed by atoms with E-state index in [2.05, 4.69) is 15.9 Å². The first kappa shape index (κ1) is 16.3. The van der Waals surface area contributed by atoms with Crippen molar-refractivity contribution >= 4 is 21.9 Å². The number of halogens is 1. The molecule has 1 aromatic carbocycles. The van der Waals surface area contributed by atoms with E-state index < -0.39 is 0 Å². The largest absolute Gasteiger partial charge is 0.488 e. The molecule has 1 heterocycles. The van der Waals surface area contributed by atoms with E-state index in [4.69, 9.17) is 9.47 Å². The molecule has 1 aliphatic heterocycles. The second-order valence-corrected chi connectivity index (χ2v) is 6.25. The van der Waals surface area contributed by atoms with Crippen LogP contribution < -0.4 is 9.64 Å². The lowest BCUT2D eigenvalue weighted by Crippen LogP contribution is -3.13. The molecule has 1 N–H and O–H groups in total. The Morgan fingerprint density at radius 2 is 2.14 bits per heavy atom. The molecule has 0 spiro atoms. The molecule has 4 nitrogen and oxygen atoms in total. The highest BCUT2D eigenvalue weighted by atomic mass is 79.9. The Kier molecular flexibility index (Phi) is 6.51. The summed E-state index contributed by atoms with van der Waals surface area (Å²) in [5.41, 5.74) is 0. The van der Waals surface area contributed by atoms with Gasteiger partial charge in [0.25, 0.3) is 0 Å². The lowest BCUT2D eigenvalue weighted by Gasteiger charge is -2.28. The Morgan fingerprint density at radius 3 is 2.81 bits per heavy atom. The Hall–Kier alpha value is -1.07. The molecular formula is C16H23BrNO3+. The third-order valence-electron chi connectivity index (χ3n) is 3.83. The molecule has 0 radical (unpaired) electrons. The van der Waals surface area contributed by atoms with Crippen molar-refractivity contribution < 1.29 is 19.2 Å². The molecule has 0 amide bonds. The van der Waals surface area contributed by atoms with Gasteiger partial charge in [-0.2, -0.15) is 0 Å². The number of piperidine rings is 1. The fourth-order valence-electron chi connectivity index (χ4n) is 2.64. The molecule has 0 aromatic heterocycles. The van der Waals surface area contributed by atoms with Crippen LogP contribution in [0, 0.1) is 5.92 Å². The number of quaternary nitrogens is 1. The van der Waals surface area contributed by atoms with Crippen LogP contribution in [0.25, 0.3) is 0 Å². The second-order valence-electron chi connectivity index (χ2n) is 5.33. The molecule has 0 bridgehead atoms. The summed E-state index contributed by atoms with van der Waals surface area (Å²) in [7, 11) is 0. The monoisotopic (exact) mass is 356 g/mol. The number of rotatable bonds is 6. The summed E-state index contributed by atoms with van der Waals surface area (Å²) in [6.45, 7) is 6.05. The summed E-state index contributed by atoms with van der Waals surface area (Å²) < 4.78 is 11.9. The van der Waals surface area contributed by atoms with Crippen LogP contribution in [0.15, 0.2) is 28.7 Å². The van der Waals surface area contributed by atoms with Gasteiger partial charge < -0.3 is 14.4 Å². The van der Waals surface area contributed by atoms with Gasteiger partial charge in [0.05, 0.1) is 25.6 Å². The van der Waals surface area contributed by atoms with Gasteiger partial charge in [0, 0.05) is 17.3 Å². The van der Waals surface area contributed by atoms with E-state index in [0.29, 0.717) is 13.2 Å². The van der Waals surface area contributed by atoms with Crippen LogP contribution in [0.3, 0.4) is 0 Å². The Balaban J connectivity index is 1.66. The molecule has 1 aliphatic rings. The normalized spacial score (nSPS) is 21.8. The van der Waals surface area contributed by atoms with Gasteiger partial charge in [-0.15, -0.1) is 0 Å². The van der Waals surface area contributed by atoms with Gasteiger partial charge in [-0.05, 0) is 25.1 Å². The maximum absolute atomic E-state index is 11.7. The van der Waals surface area contributed by atoms with E-state index in [0.717, 1.165) is 42.7 Å². The van der Waals surface area contributed by atoms with Crippen molar-refractivity contribution in [2.45, 2.75) is 19.8 Å². The molecule has 0 aliphatic carbocycles. The number of carbonyl (C=O) groups excluding carboxylic acids is 1. The van der Waals surface area contributed by atoms with Gasteiger partial charge in [0.15, 0.2) is 0 Å². The summed E-state index contributed by atoms with van der Waals surface area (Å²) in [6, 6.07) is 7.89. The van der Waals surface area contributed by atoms with Crippen LogP contribution in [0.2, 0.25) is 0 Å². The molecule has 5 heteroatoms. The average Bonchev–Trinajstić information content (AvgIpc) is 2.48. The maximum atomic E-state index is 11.7. The molecule has 0 atom stereocenters. The quantitative estimate of drug-likeness (QED) is 0.788. The average molecular weight is 357 g/mol. The zero-order valence-electron chi connectivity index (χ0n) is 12.4. The lowest BCUT2D eigenvalue weighted by atomic mass is 9.97. The second kappa shape index (κ2) is 8.39. The first-order valence-electron chi connectivity index (χ1n) is 7.57. The fourth-order valence-corrected chi connectivity index (χ4v) is 3.02. The van der Waals surface area contributed by atoms with Gasteiger partial charge in [-0.25, -0.2) is 0 Å². The van der Waals surface area contributed by atoms with Crippen LogP contribution in [0.1, 0.15) is 19.8 Å². The van der Waals surface area contributed by atoms with E-state index in [-0.39, 0.29) is 11.9 Å². The first-order chi connectivity index (χ1) is 10.2. The summed E-state index contributed by atoms with van der Waals surface area (Å²) in [5, 5.41) is 0. The van der Waals surface area contributed by atoms with Crippen molar-refractivity contribution in [2.75, 3.05) is 32.8 Å². The molecule has 2 rings (SSSR count). The maximum Gasteiger partial charge on any atom is 0.309 e. The Labute approximate surface area is 134 Å². The molecule has 0 unspecified atom stereocenters. The molecule has 21 heavy (non-hydrogen) atoms. The van der Waals surface area contributed by atoms with Crippen LogP contribution in [-0.2, 0) is 9.53 Å². The van der Waals surface area contributed by atoms with E-state index in [1.807, 2.05) is 31.2 Å². The first-order valence-corrected chi connectivity index (χ1v) is 8.37. The van der Waals surface area contributed by atoms with E-state index in [1.165, 1.54) is 4.90 Å². The third-order valence-corrected chi connectivity index (χ3v) is 4.33. The minimum Gasteiger partial charge on any atom is -0.488 e. The highest BCUT2D eigenvalue weighted by molar-refractivity contribution is 9.10. The standard InChI is InChI=1S/C16H22BrNO3/c1-2-20-16(19)13-6-8-18(9-7-13)10-11-21-15-5-3-4-14(17)12-15/h3-5,12-13H,2,6-11H2,1H3/p+1. The summed E-state index contributed by atoms with van der Waals surface area (Å²) in [4.78, 5) is 13.2. The van der Waals surface area contributed by atoms with Crippen molar-refractivity contribution in [3.8, 4) is 5.75 Å². The highest BCUT2D eigenvalue weighted by Gasteiger charge is 2.28. The number of esters is 1. The number of hydrogen-bond acceptors (Lipinski definition) is 3. The number of benzene rings is 1. The Bertz CT molecular complexity index is 459.